The fourth-order valence-corrected chi connectivity index (χ4v) is 2.80. The Kier molecular flexibility index (Phi) is 4.31. The molecule has 0 aliphatic heterocycles. The summed E-state index contributed by atoms with van der Waals surface area (Å²) in [5.41, 5.74) is 1.25. The van der Waals surface area contributed by atoms with E-state index in [1.807, 2.05) is 0 Å². The van der Waals surface area contributed by atoms with E-state index >= 15 is 0 Å². The van der Waals surface area contributed by atoms with Gasteiger partial charge >= 0.3 is 6.18 Å². The Morgan fingerprint density at radius 1 is 1.00 bits per heavy atom. The highest BCUT2D eigenvalue weighted by molar-refractivity contribution is 6.07. The maximum Gasteiger partial charge on any atom is 0.416 e. The number of benzene rings is 2. The lowest BCUT2D eigenvalue weighted by molar-refractivity contribution is -0.137. The second-order valence-electron chi connectivity index (χ2n) is 6.03. The average Bonchev–Trinajstić information content (AvgIpc) is 3.13. The number of imidazole rings is 1. The van der Waals surface area contributed by atoms with E-state index in [-0.39, 0.29) is 11.5 Å². The van der Waals surface area contributed by atoms with Gasteiger partial charge in [-0.1, -0.05) is 24.3 Å². The lowest BCUT2D eigenvalue weighted by atomic mass is 10.1. The smallest absolute Gasteiger partial charge is 0.338 e. The van der Waals surface area contributed by atoms with Crippen molar-refractivity contribution in [2.75, 3.05) is 5.32 Å². The highest BCUT2D eigenvalue weighted by Crippen LogP contribution is 2.32. The first-order valence-corrected chi connectivity index (χ1v) is 8.30. The molecule has 2 aromatic carbocycles. The summed E-state index contributed by atoms with van der Waals surface area (Å²) in [5, 5.41) is 2.74. The second kappa shape index (κ2) is 6.80. The quantitative estimate of drug-likeness (QED) is 0.530. The first kappa shape index (κ1) is 17.7. The van der Waals surface area contributed by atoms with E-state index in [4.69, 9.17) is 0 Å². The summed E-state index contributed by atoms with van der Waals surface area (Å²) in [6.45, 7) is 0. The molecule has 0 bridgehead atoms. The van der Waals surface area contributed by atoms with E-state index in [0.29, 0.717) is 22.3 Å². The van der Waals surface area contributed by atoms with Gasteiger partial charge in [0, 0.05) is 11.8 Å². The predicted molar refractivity (Wildman–Crippen MR) is 98.7 cm³/mol. The first-order valence-electron chi connectivity index (χ1n) is 8.30. The van der Waals surface area contributed by atoms with Crippen LogP contribution in [0, 0.1) is 0 Å². The Hall–Kier alpha value is -3.68. The molecule has 2 aromatic heterocycles. The number of amides is 1. The Morgan fingerprint density at radius 2 is 1.82 bits per heavy atom. The van der Waals surface area contributed by atoms with Crippen LogP contribution in [0.2, 0.25) is 0 Å². The standard InChI is InChI=1S/C20H13F3N4O/c21-20(22,23)13-6-3-5-12(11-13)18-25-14-8-4-9-15(17(14)27-18)26-19(28)16-7-1-2-10-24-16/h1-11H,(H,25,27)(H,26,28). The van der Waals surface area contributed by atoms with Gasteiger partial charge in [0.15, 0.2) is 0 Å². The number of H-pyrrole nitrogens is 1. The largest absolute Gasteiger partial charge is 0.416 e. The van der Waals surface area contributed by atoms with Gasteiger partial charge in [-0.15, -0.1) is 0 Å². The summed E-state index contributed by atoms with van der Waals surface area (Å²) in [4.78, 5) is 23.7. The number of rotatable bonds is 3. The summed E-state index contributed by atoms with van der Waals surface area (Å²) in [6, 6.07) is 15.0. The molecule has 0 spiro atoms. The van der Waals surface area contributed by atoms with Crippen LogP contribution in [-0.2, 0) is 6.18 Å². The van der Waals surface area contributed by atoms with Crippen LogP contribution in [0.3, 0.4) is 0 Å². The zero-order valence-corrected chi connectivity index (χ0v) is 14.3. The number of aromatic amines is 1. The third-order valence-electron chi connectivity index (χ3n) is 4.12. The zero-order valence-electron chi connectivity index (χ0n) is 14.3. The number of aromatic nitrogens is 3. The Labute approximate surface area is 157 Å². The van der Waals surface area contributed by atoms with Crippen molar-refractivity contribution in [2.45, 2.75) is 6.18 Å². The summed E-state index contributed by atoms with van der Waals surface area (Å²) < 4.78 is 38.9. The van der Waals surface area contributed by atoms with E-state index in [9.17, 15) is 18.0 Å². The van der Waals surface area contributed by atoms with Crippen LogP contribution in [0.1, 0.15) is 16.1 Å². The molecule has 0 saturated heterocycles. The summed E-state index contributed by atoms with van der Waals surface area (Å²) >= 11 is 0. The Morgan fingerprint density at radius 3 is 2.57 bits per heavy atom. The van der Waals surface area contributed by atoms with Crippen molar-refractivity contribution >= 4 is 22.6 Å². The lowest BCUT2D eigenvalue weighted by Gasteiger charge is -2.07. The van der Waals surface area contributed by atoms with E-state index < -0.39 is 17.6 Å². The van der Waals surface area contributed by atoms with Crippen LogP contribution >= 0.6 is 0 Å². The number of hydrogen-bond donors (Lipinski definition) is 2. The molecule has 8 heteroatoms. The maximum atomic E-state index is 13.0. The predicted octanol–water partition coefficient (Wildman–Crippen LogP) is 4.90. The Bertz CT molecular complexity index is 1150. The molecular weight excluding hydrogens is 369 g/mol. The van der Waals surface area contributed by atoms with Crippen molar-refractivity contribution in [3.8, 4) is 11.4 Å². The maximum absolute atomic E-state index is 13.0. The molecule has 0 saturated carbocycles. The minimum atomic E-state index is -4.44. The number of anilines is 1. The number of halogens is 3. The highest BCUT2D eigenvalue weighted by Gasteiger charge is 2.30. The van der Waals surface area contributed by atoms with Gasteiger partial charge in [-0.25, -0.2) is 4.98 Å². The van der Waals surface area contributed by atoms with Crippen LogP contribution < -0.4 is 5.32 Å². The number of alkyl halides is 3. The molecule has 0 atom stereocenters. The van der Waals surface area contributed by atoms with Gasteiger partial charge in [-0.2, -0.15) is 13.2 Å². The molecule has 140 valence electrons. The summed E-state index contributed by atoms with van der Waals surface area (Å²) in [5.74, 6) is -0.127. The van der Waals surface area contributed by atoms with Gasteiger partial charge in [0.05, 0.1) is 16.8 Å². The van der Waals surface area contributed by atoms with Gasteiger partial charge in [-0.05, 0) is 36.4 Å². The van der Waals surface area contributed by atoms with Crippen molar-refractivity contribution in [3.63, 3.8) is 0 Å². The zero-order chi connectivity index (χ0) is 19.7. The molecule has 4 aromatic rings. The molecule has 0 aliphatic rings. The SMILES string of the molecule is O=C(Nc1cccc2[nH]c(-c3cccc(C(F)(F)F)c3)nc12)c1ccccn1. The number of pyridine rings is 1. The summed E-state index contributed by atoms with van der Waals surface area (Å²) in [7, 11) is 0. The Balaban J connectivity index is 1.71. The molecule has 28 heavy (non-hydrogen) atoms. The van der Waals surface area contributed by atoms with E-state index in [0.717, 1.165) is 12.1 Å². The third-order valence-corrected chi connectivity index (χ3v) is 4.12. The molecule has 2 N–H and O–H groups in total. The number of carbonyl (C=O) groups is 1. The molecule has 0 fully saturated rings. The molecule has 4 rings (SSSR count). The number of hydrogen-bond acceptors (Lipinski definition) is 3. The van der Waals surface area contributed by atoms with Gasteiger partial charge in [-0.3, -0.25) is 9.78 Å². The second-order valence-corrected chi connectivity index (χ2v) is 6.03. The van der Waals surface area contributed by atoms with Crippen molar-refractivity contribution < 1.29 is 18.0 Å². The van der Waals surface area contributed by atoms with Crippen LogP contribution in [0.4, 0.5) is 18.9 Å². The number of carbonyl (C=O) groups excluding carboxylic acids is 1. The molecule has 0 radical (unpaired) electrons. The first-order chi connectivity index (χ1) is 13.4. The number of para-hydroxylation sites is 1. The van der Waals surface area contributed by atoms with Crippen LogP contribution in [0.15, 0.2) is 66.9 Å². The van der Waals surface area contributed by atoms with Crippen molar-refractivity contribution in [1.82, 2.24) is 15.0 Å². The normalized spacial score (nSPS) is 11.5. The van der Waals surface area contributed by atoms with Gasteiger partial charge in [0.2, 0.25) is 0 Å². The van der Waals surface area contributed by atoms with Crippen molar-refractivity contribution in [2.24, 2.45) is 0 Å². The molecule has 5 nitrogen and oxygen atoms in total. The third kappa shape index (κ3) is 3.44. The fourth-order valence-electron chi connectivity index (χ4n) is 2.80. The minimum Gasteiger partial charge on any atom is -0.338 e. The number of nitrogens with one attached hydrogen (secondary N) is 2. The number of fused-ring (bicyclic) bond motifs is 1. The molecule has 0 aliphatic carbocycles. The fraction of sp³-hybridized carbons (Fsp3) is 0.0500. The van der Waals surface area contributed by atoms with Crippen LogP contribution in [0.25, 0.3) is 22.4 Å². The van der Waals surface area contributed by atoms with E-state index in [2.05, 4.69) is 20.3 Å². The molecule has 2 heterocycles. The van der Waals surface area contributed by atoms with E-state index in [1.165, 1.54) is 12.3 Å². The van der Waals surface area contributed by atoms with Crippen molar-refractivity contribution in [1.29, 1.82) is 0 Å². The minimum absolute atomic E-state index is 0.244. The van der Waals surface area contributed by atoms with Crippen molar-refractivity contribution in [3.05, 3.63) is 78.1 Å². The average molecular weight is 382 g/mol. The highest BCUT2D eigenvalue weighted by atomic mass is 19.4. The molecule has 0 unspecified atom stereocenters. The lowest BCUT2D eigenvalue weighted by Crippen LogP contribution is -2.13. The van der Waals surface area contributed by atoms with Crippen LogP contribution in [0.5, 0.6) is 0 Å². The van der Waals surface area contributed by atoms with Gasteiger partial charge in [0.25, 0.3) is 5.91 Å². The van der Waals surface area contributed by atoms with E-state index in [1.54, 1.807) is 42.5 Å². The molecule has 1 amide bonds. The topological polar surface area (TPSA) is 70.7 Å². The van der Waals surface area contributed by atoms with Gasteiger partial charge < -0.3 is 10.3 Å². The van der Waals surface area contributed by atoms with Gasteiger partial charge in [0.1, 0.15) is 17.0 Å². The molecular formula is C20H13F3N4O. The monoisotopic (exact) mass is 382 g/mol. The number of nitrogens with zero attached hydrogens (tertiary/aromatic N) is 2. The summed E-state index contributed by atoms with van der Waals surface area (Å²) in [6.07, 6.45) is -2.93. The van der Waals surface area contributed by atoms with Crippen LogP contribution in [-0.4, -0.2) is 20.9 Å².